The average molecular weight is 419 g/mol. The zero-order valence-electron chi connectivity index (χ0n) is 11.8. The van der Waals surface area contributed by atoms with Crippen molar-refractivity contribution in [3.05, 3.63) is 58.0 Å². The Bertz CT molecular complexity index is 541. The van der Waals surface area contributed by atoms with Gasteiger partial charge in [0.05, 0.1) is 6.54 Å². The lowest BCUT2D eigenvalue weighted by molar-refractivity contribution is 0.626. The van der Waals surface area contributed by atoms with Gasteiger partial charge in [-0.2, -0.15) is 0 Å². The van der Waals surface area contributed by atoms with E-state index in [0.717, 1.165) is 31.0 Å². The molecule has 0 fully saturated rings. The van der Waals surface area contributed by atoms with Crippen molar-refractivity contribution in [1.29, 1.82) is 0 Å². The second-order valence-corrected chi connectivity index (χ2v) is 5.34. The van der Waals surface area contributed by atoms with Gasteiger partial charge in [0.15, 0.2) is 5.96 Å². The SMILES string of the molecule is CN=C(NCCc1ccc(F)cc1)NCc1cccs1.I. The summed E-state index contributed by atoms with van der Waals surface area (Å²) in [7, 11) is 1.75. The van der Waals surface area contributed by atoms with Crippen molar-refractivity contribution in [2.24, 2.45) is 4.99 Å². The number of thiophene rings is 1. The van der Waals surface area contributed by atoms with Gasteiger partial charge in [0.1, 0.15) is 5.82 Å². The van der Waals surface area contributed by atoms with Crippen LogP contribution < -0.4 is 10.6 Å². The fourth-order valence-electron chi connectivity index (χ4n) is 1.78. The largest absolute Gasteiger partial charge is 0.356 e. The summed E-state index contributed by atoms with van der Waals surface area (Å²) in [6.07, 6.45) is 0.833. The number of nitrogens with zero attached hydrogens (tertiary/aromatic N) is 1. The summed E-state index contributed by atoms with van der Waals surface area (Å²) >= 11 is 1.72. The van der Waals surface area contributed by atoms with E-state index >= 15 is 0 Å². The summed E-state index contributed by atoms with van der Waals surface area (Å²) < 4.78 is 12.8. The Kier molecular flexibility index (Phi) is 8.29. The standard InChI is InChI=1S/C15H18FN3S.HI/c1-17-15(19-11-14-3-2-10-20-14)18-9-8-12-4-6-13(16)7-5-12;/h2-7,10H,8-9,11H2,1H3,(H2,17,18,19);1H. The minimum atomic E-state index is -0.199. The molecule has 0 saturated carbocycles. The average Bonchev–Trinajstić information content (AvgIpc) is 2.98. The zero-order chi connectivity index (χ0) is 14.2. The minimum absolute atomic E-state index is 0. The molecule has 114 valence electrons. The molecule has 0 spiro atoms. The van der Waals surface area contributed by atoms with Gasteiger partial charge >= 0.3 is 0 Å². The van der Waals surface area contributed by atoms with Gasteiger partial charge in [0, 0.05) is 18.5 Å². The van der Waals surface area contributed by atoms with Crippen LogP contribution in [0.4, 0.5) is 4.39 Å². The summed E-state index contributed by atoms with van der Waals surface area (Å²) in [4.78, 5) is 5.44. The van der Waals surface area contributed by atoms with Crippen LogP contribution in [0.3, 0.4) is 0 Å². The molecule has 1 aromatic carbocycles. The maximum Gasteiger partial charge on any atom is 0.191 e. The van der Waals surface area contributed by atoms with Crippen LogP contribution in [0.2, 0.25) is 0 Å². The predicted octanol–water partition coefficient (Wildman–Crippen LogP) is 3.41. The van der Waals surface area contributed by atoms with Crippen LogP contribution in [0.1, 0.15) is 10.4 Å². The van der Waals surface area contributed by atoms with E-state index < -0.39 is 0 Å². The molecule has 0 aliphatic rings. The third kappa shape index (κ3) is 6.43. The first-order chi connectivity index (χ1) is 9.78. The molecular weight excluding hydrogens is 400 g/mol. The van der Waals surface area contributed by atoms with Crippen molar-refractivity contribution in [2.75, 3.05) is 13.6 Å². The summed E-state index contributed by atoms with van der Waals surface area (Å²) in [6.45, 7) is 1.53. The van der Waals surface area contributed by atoms with E-state index in [9.17, 15) is 4.39 Å². The number of halogens is 2. The maximum absolute atomic E-state index is 12.8. The lowest BCUT2D eigenvalue weighted by Crippen LogP contribution is -2.37. The summed E-state index contributed by atoms with van der Waals surface area (Å²) in [6, 6.07) is 10.7. The summed E-state index contributed by atoms with van der Waals surface area (Å²) in [5.74, 6) is 0.579. The molecule has 0 bridgehead atoms. The minimum Gasteiger partial charge on any atom is -0.356 e. The number of aliphatic imine (C=N–C) groups is 1. The Morgan fingerprint density at radius 2 is 1.95 bits per heavy atom. The highest BCUT2D eigenvalue weighted by atomic mass is 127. The second-order valence-electron chi connectivity index (χ2n) is 4.31. The smallest absolute Gasteiger partial charge is 0.191 e. The van der Waals surface area contributed by atoms with Gasteiger partial charge in [-0.3, -0.25) is 4.99 Å². The predicted molar refractivity (Wildman–Crippen MR) is 98.0 cm³/mol. The normalized spacial score (nSPS) is 10.9. The first-order valence-corrected chi connectivity index (χ1v) is 7.37. The van der Waals surface area contributed by atoms with Crippen LogP contribution in [0.25, 0.3) is 0 Å². The highest BCUT2D eigenvalue weighted by Gasteiger charge is 1.99. The van der Waals surface area contributed by atoms with Crippen LogP contribution in [0.15, 0.2) is 46.8 Å². The molecule has 0 radical (unpaired) electrons. The first-order valence-electron chi connectivity index (χ1n) is 6.49. The number of hydrogen-bond donors (Lipinski definition) is 2. The molecule has 0 unspecified atom stereocenters. The van der Waals surface area contributed by atoms with Gasteiger partial charge in [-0.15, -0.1) is 35.3 Å². The van der Waals surface area contributed by atoms with Crippen molar-refractivity contribution in [3.63, 3.8) is 0 Å². The number of nitrogens with one attached hydrogen (secondary N) is 2. The van der Waals surface area contributed by atoms with E-state index in [1.807, 2.05) is 6.07 Å². The van der Waals surface area contributed by atoms with Gasteiger partial charge < -0.3 is 10.6 Å². The van der Waals surface area contributed by atoms with E-state index in [4.69, 9.17) is 0 Å². The monoisotopic (exact) mass is 419 g/mol. The fourth-order valence-corrected chi connectivity index (χ4v) is 2.43. The summed E-state index contributed by atoms with van der Waals surface area (Å²) in [5, 5.41) is 8.56. The Hall–Kier alpha value is -1.15. The quantitative estimate of drug-likeness (QED) is 0.443. The van der Waals surface area contributed by atoms with Gasteiger partial charge in [0.25, 0.3) is 0 Å². The molecule has 6 heteroatoms. The molecule has 3 nitrogen and oxygen atoms in total. The molecular formula is C15H19FIN3S. The fraction of sp³-hybridized carbons (Fsp3) is 0.267. The third-order valence-corrected chi connectivity index (χ3v) is 3.73. The van der Waals surface area contributed by atoms with Crippen molar-refractivity contribution >= 4 is 41.3 Å². The molecule has 2 rings (SSSR count). The Morgan fingerprint density at radius 1 is 1.19 bits per heavy atom. The Labute approximate surface area is 145 Å². The number of guanidine groups is 1. The maximum atomic E-state index is 12.8. The van der Waals surface area contributed by atoms with E-state index in [0.29, 0.717) is 0 Å². The van der Waals surface area contributed by atoms with Crippen molar-refractivity contribution in [1.82, 2.24) is 10.6 Å². The van der Waals surface area contributed by atoms with Crippen molar-refractivity contribution in [2.45, 2.75) is 13.0 Å². The number of benzene rings is 1. The molecule has 1 heterocycles. The van der Waals surface area contributed by atoms with E-state index in [1.165, 1.54) is 17.0 Å². The van der Waals surface area contributed by atoms with Crippen LogP contribution in [-0.4, -0.2) is 19.6 Å². The van der Waals surface area contributed by atoms with Crippen LogP contribution in [-0.2, 0) is 13.0 Å². The molecule has 0 aliphatic carbocycles. The third-order valence-electron chi connectivity index (χ3n) is 2.85. The highest BCUT2D eigenvalue weighted by molar-refractivity contribution is 14.0. The van der Waals surface area contributed by atoms with Crippen LogP contribution >= 0.6 is 35.3 Å². The van der Waals surface area contributed by atoms with Crippen LogP contribution in [0.5, 0.6) is 0 Å². The Morgan fingerprint density at radius 3 is 2.57 bits per heavy atom. The van der Waals surface area contributed by atoms with Crippen LogP contribution in [0, 0.1) is 5.82 Å². The molecule has 21 heavy (non-hydrogen) atoms. The molecule has 2 aromatic rings. The Balaban J connectivity index is 0.00000220. The first kappa shape index (κ1) is 17.9. The summed E-state index contributed by atoms with van der Waals surface area (Å²) in [5.41, 5.74) is 1.10. The van der Waals surface area contributed by atoms with E-state index in [-0.39, 0.29) is 29.8 Å². The lowest BCUT2D eigenvalue weighted by atomic mass is 10.1. The number of rotatable bonds is 5. The molecule has 0 aliphatic heterocycles. The second kappa shape index (κ2) is 9.73. The molecule has 0 atom stereocenters. The van der Waals surface area contributed by atoms with Gasteiger partial charge in [-0.05, 0) is 35.6 Å². The molecule has 2 N–H and O–H groups in total. The topological polar surface area (TPSA) is 36.4 Å². The van der Waals surface area contributed by atoms with Crippen molar-refractivity contribution in [3.8, 4) is 0 Å². The zero-order valence-corrected chi connectivity index (χ0v) is 15.0. The van der Waals surface area contributed by atoms with Gasteiger partial charge in [-0.25, -0.2) is 4.39 Å². The van der Waals surface area contributed by atoms with Crippen molar-refractivity contribution < 1.29 is 4.39 Å². The number of hydrogen-bond acceptors (Lipinski definition) is 2. The molecule has 1 aromatic heterocycles. The molecule has 0 amide bonds. The van der Waals surface area contributed by atoms with Gasteiger partial charge in [-0.1, -0.05) is 18.2 Å². The van der Waals surface area contributed by atoms with E-state index in [1.54, 1.807) is 30.5 Å². The molecule has 0 saturated heterocycles. The van der Waals surface area contributed by atoms with E-state index in [2.05, 4.69) is 27.1 Å². The lowest BCUT2D eigenvalue weighted by Gasteiger charge is -2.11. The van der Waals surface area contributed by atoms with Gasteiger partial charge in [0.2, 0.25) is 0 Å². The highest BCUT2D eigenvalue weighted by Crippen LogP contribution is 2.07.